The highest BCUT2D eigenvalue weighted by molar-refractivity contribution is 5.13. The van der Waals surface area contributed by atoms with Gasteiger partial charge in [-0.05, 0) is 18.4 Å². The van der Waals surface area contributed by atoms with Gasteiger partial charge in [0.05, 0.1) is 19.3 Å². The van der Waals surface area contributed by atoms with Gasteiger partial charge in [-0.15, -0.1) is 0 Å². The minimum Gasteiger partial charge on any atom is -0.396 e. The first-order valence-electron chi connectivity index (χ1n) is 6.78. The molecule has 0 radical (unpaired) electrons. The van der Waals surface area contributed by atoms with E-state index in [-0.39, 0.29) is 0 Å². The van der Waals surface area contributed by atoms with Gasteiger partial charge in [0.2, 0.25) is 0 Å². The molecule has 1 aliphatic heterocycles. The Hall–Kier alpha value is -0.900. The normalized spacial score (nSPS) is 22.1. The molecule has 1 aromatic rings. The van der Waals surface area contributed by atoms with Crippen LogP contribution in [-0.2, 0) is 16.1 Å². The quantitative estimate of drug-likeness (QED) is 0.541. The highest BCUT2D eigenvalue weighted by Crippen LogP contribution is 2.27. The van der Waals surface area contributed by atoms with Crippen molar-refractivity contribution in [3.05, 3.63) is 35.9 Å². The molecule has 3 nitrogen and oxygen atoms in total. The Kier molecular flexibility index (Phi) is 5.65. The molecule has 0 aliphatic carbocycles. The number of ether oxygens (including phenoxy) is 2. The van der Waals surface area contributed by atoms with Crippen LogP contribution in [0.15, 0.2) is 30.3 Å². The van der Waals surface area contributed by atoms with E-state index in [2.05, 4.69) is 12.1 Å². The zero-order chi connectivity index (χ0) is 12.6. The van der Waals surface area contributed by atoms with E-state index in [9.17, 15) is 0 Å². The molecule has 1 aliphatic rings. The first-order chi connectivity index (χ1) is 8.90. The second kappa shape index (κ2) is 7.52. The summed E-state index contributed by atoms with van der Waals surface area (Å²) in [7, 11) is 0. The maximum absolute atomic E-state index is 8.67. The fourth-order valence-corrected chi connectivity index (χ4v) is 2.08. The van der Waals surface area contributed by atoms with E-state index in [0.717, 1.165) is 25.7 Å². The molecule has 1 N–H and O–H groups in total. The Morgan fingerprint density at radius 3 is 2.67 bits per heavy atom. The van der Waals surface area contributed by atoms with E-state index in [1.165, 1.54) is 5.56 Å². The lowest BCUT2D eigenvalue weighted by Gasteiger charge is -2.02. The first kappa shape index (κ1) is 13.5. The number of aliphatic hydroxyl groups is 1. The molecule has 0 unspecified atom stereocenters. The van der Waals surface area contributed by atoms with Crippen LogP contribution in [0.1, 0.15) is 31.2 Å². The van der Waals surface area contributed by atoms with Gasteiger partial charge in [0.25, 0.3) is 0 Å². The third-order valence-corrected chi connectivity index (χ3v) is 3.23. The Balaban J connectivity index is 1.49. The van der Waals surface area contributed by atoms with Gasteiger partial charge in [-0.3, -0.25) is 0 Å². The molecule has 100 valence electrons. The molecule has 1 fully saturated rings. The zero-order valence-electron chi connectivity index (χ0n) is 10.8. The highest BCUT2D eigenvalue weighted by atomic mass is 16.6. The molecule has 1 heterocycles. The van der Waals surface area contributed by atoms with E-state index in [4.69, 9.17) is 14.6 Å². The van der Waals surface area contributed by atoms with Gasteiger partial charge in [0.1, 0.15) is 6.10 Å². The van der Waals surface area contributed by atoms with Gasteiger partial charge < -0.3 is 14.6 Å². The van der Waals surface area contributed by atoms with Crippen LogP contribution < -0.4 is 0 Å². The lowest BCUT2D eigenvalue weighted by Crippen LogP contribution is -2.05. The first-order valence-corrected chi connectivity index (χ1v) is 6.78. The lowest BCUT2D eigenvalue weighted by molar-refractivity contribution is 0.104. The summed E-state index contributed by atoms with van der Waals surface area (Å²) in [6, 6.07) is 10.2. The van der Waals surface area contributed by atoms with Gasteiger partial charge in [-0.1, -0.05) is 43.2 Å². The summed E-state index contributed by atoms with van der Waals surface area (Å²) in [6.07, 6.45) is 4.91. The number of unbranched alkanes of at least 4 members (excludes halogenated alkanes) is 2. The Morgan fingerprint density at radius 1 is 1.06 bits per heavy atom. The van der Waals surface area contributed by atoms with Crippen molar-refractivity contribution < 1.29 is 14.6 Å². The van der Waals surface area contributed by atoms with Crippen molar-refractivity contribution in [3.8, 4) is 0 Å². The van der Waals surface area contributed by atoms with Crippen molar-refractivity contribution in [1.29, 1.82) is 0 Å². The molecule has 0 saturated carbocycles. The molecule has 3 heteroatoms. The molecular formula is C15H22O3. The predicted octanol–water partition coefficient (Wildman–Crippen LogP) is 2.52. The summed E-state index contributed by atoms with van der Waals surface area (Å²) in [5, 5.41) is 8.67. The van der Waals surface area contributed by atoms with E-state index in [1.54, 1.807) is 0 Å². The second-order valence-corrected chi connectivity index (χ2v) is 4.79. The van der Waals surface area contributed by atoms with Crippen LogP contribution in [0.25, 0.3) is 0 Å². The summed E-state index contributed by atoms with van der Waals surface area (Å²) in [5.74, 6) is 0. The van der Waals surface area contributed by atoms with E-state index >= 15 is 0 Å². The van der Waals surface area contributed by atoms with E-state index in [0.29, 0.717) is 32.0 Å². The average Bonchev–Trinajstić information content (AvgIpc) is 3.15. The van der Waals surface area contributed by atoms with Crippen LogP contribution in [0.3, 0.4) is 0 Å². The molecule has 0 amide bonds. The van der Waals surface area contributed by atoms with Crippen LogP contribution >= 0.6 is 0 Å². The molecule has 0 spiro atoms. The van der Waals surface area contributed by atoms with Gasteiger partial charge in [-0.2, -0.15) is 0 Å². The van der Waals surface area contributed by atoms with Crippen LogP contribution in [0, 0.1) is 0 Å². The number of aliphatic hydroxyl groups excluding tert-OH is 1. The fourth-order valence-electron chi connectivity index (χ4n) is 2.08. The summed E-state index contributed by atoms with van der Waals surface area (Å²) in [6.45, 7) is 1.66. The molecule has 2 rings (SSSR count). The van der Waals surface area contributed by atoms with Gasteiger partial charge in [0, 0.05) is 6.61 Å². The molecule has 0 aromatic heterocycles. The van der Waals surface area contributed by atoms with Crippen molar-refractivity contribution in [1.82, 2.24) is 0 Å². The maximum atomic E-state index is 8.67. The Morgan fingerprint density at radius 2 is 1.89 bits per heavy atom. The minimum absolute atomic E-state index is 0.294. The summed E-state index contributed by atoms with van der Waals surface area (Å²) >= 11 is 0. The largest absolute Gasteiger partial charge is 0.396 e. The van der Waals surface area contributed by atoms with Gasteiger partial charge >= 0.3 is 0 Å². The topological polar surface area (TPSA) is 42.0 Å². The van der Waals surface area contributed by atoms with Crippen molar-refractivity contribution in [2.45, 2.75) is 44.5 Å². The summed E-state index contributed by atoms with van der Waals surface area (Å²) in [4.78, 5) is 0. The number of epoxide rings is 1. The van der Waals surface area contributed by atoms with Gasteiger partial charge in [-0.25, -0.2) is 0 Å². The van der Waals surface area contributed by atoms with Crippen molar-refractivity contribution in [2.75, 3.05) is 13.2 Å². The Labute approximate surface area is 109 Å². The lowest BCUT2D eigenvalue weighted by atomic mass is 10.1. The number of rotatable bonds is 9. The Bertz CT molecular complexity index is 326. The molecule has 2 atom stereocenters. The molecule has 18 heavy (non-hydrogen) atoms. The molecule has 0 bridgehead atoms. The molecular weight excluding hydrogens is 228 g/mol. The van der Waals surface area contributed by atoms with E-state index in [1.807, 2.05) is 18.2 Å². The highest BCUT2D eigenvalue weighted by Gasteiger charge is 2.37. The van der Waals surface area contributed by atoms with Crippen molar-refractivity contribution >= 4 is 0 Å². The standard InChI is InChI=1S/C15H22O3/c16-10-6-2-5-9-14-15(18-14)12-17-11-13-7-3-1-4-8-13/h1,3-4,7-8,14-16H,2,5-6,9-12H2/t14-,15-/m1/s1. The number of hydrogen-bond donors (Lipinski definition) is 1. The predicted molar refractivity (Wildman–Crippen MR) is 70.3 cm³/mol. The van der Waals surface area contributed by atoms with Crippen LogP contribution in [0.4, 0.5) is 0 Å². The third-order valence-electron chi connectivity index (χ3n) is 3.23. The SMILES string of the molecule is OCCCCC[C@H]1O[C@@H]1COCc1ccccc1. The fraction of sp³-hybridized carbons (Fsp3) is 0.600. The number of hydrogen-bond acceptors (Lipinski definition) is 3. The number of benzene rings is 1. The van der Waals surface area contributed by atoms with Crippen LogP contribution in [0.2, 0.25) is 0 Å². The van der Waals surface area contributed by atoms with Crippen LogP contribution in [-0.4, -0.2) is 30.5 Å². The average molecular weight is 250 g/mol. The second-order valence-electron chi connectivity index (χ2n) is 4.79. The van der Waals surface area contributed by atoms with Crippen LogP contribution in [0.5, 0.6) is 0 Å². The monoisotopic (exact) mass is 250 g/mol. The smallest absolute Gasteiger partial charge is 0.107 e. The van der Waals surface area contributed by atoms with Crippen molar-refractivity contribution in [2.24, 2.45) is 0 Å². The molecule has 1 saturated heterocycles. The zero-order valence-corrected chi connectivity index (χ0v) is 10.8. The summed E-state index contributed by atoms with van der Waals surface area (Å²) < 4.78 is 11.2. The minimum atomic E-state index is 0.294. The maximum Gasteiger partial charge on any atom is 0.107 e. The van der Waals surface area contributed by atoms with E-state index < -0.39 is 0 Å². The third kappa shape index (κ3) is 4.77. The summed E-state index contributed by atoms with van der Waals surface area (Å²) in [5.41, 5.74) is 1.21. The van der Waals surface area contributed by atoms with Crippen molar-refractivity contribution in [3.63, 3.8) is 0 Å². The molecule has 1 aromatic carbocycles. The van der Waals surface area contributed by atoms with Gasteiger partial charge in [0.15, 0.2) is 0 Å².